The Morgan fingerprint density at radius 3 is 2.57 bits per heavy atom. The fourth-order valence-corrected chi connectivity index (χ4v) is 2.64. The Bertz CT molecular complexity index is 637. The summed E-state index contributed by atoms with van der Waals surface area (Å²) < 4.78 is 1.85. The Labute approximate surface area is 123 Å². The first-order valence-electron chi connectivity index (χ1n) is 7.11. The molecule has 0 atom stereocenters. The molecule has 1 aliphatic rings. The molecule has 0 unspecified atom stereocenters. The Hall–Kier alpha value is -2.21. The van der Waals surface area contributed by atoms with Crippen molar-refractivity contribution in [1.29, 1.82) is 0 Å². The SMILES string of the molecule is Cn1cnnc1-c1ccc(NC(=O)C2(CN)CCC2)cc1. The predicted molar refractivity (Wildman–Crippen MR) is 80.4 cm³/mol. The fraction of sp³-hybridized carbons (Fsp3) is 0.400. The summed E-state index contributed by atoms with van der Waals surface area (Å²) in [6, 6.07) is 7.61. The van der Waals surface area contributed by atoms with E-state index in [1.807, 2.05) is 35.9 Å². The summed E-state index contributed by atoms with van der Waals surface area (Å²) in [4.78, 5) is 12.3. The topological polar surface area (TPSA) is 85.8 Å². The number of hydrogen-bond acceptors (Lipinski definition) is 4. The zero-order chi connectivity index (χ0) is 14.9. The number of amides is 1. The highest BCUT2D eigenvalue weighted by molar-refractivity contribution is 5.96. The van der Waals surface area contributed by atoms with Crippen molar-refractivity contribution in [3.8, 4) is 11.4 Å². The number of rotatable bonds is 4. The molecule has 0 saturated heterocycles. The average Bonchev–Trinajstić information content (AvgIpc) is 2.85. The molecule has 0 aliphatic heterocycles. The molecule has 1 aromatic carbocycles. The van der Waals surface area contributed by atoms with Crippen LogP contribution in [0.2, 0.25) is 0 Å². The second kappa shape index (κ2) is 5.29. The van der Waals surface area contributed by atoms with Gasteiger partial charge in [-0.15, -0.1) is 10.2 Å². The van der Waals surface area contributed by atoms with Gasteiger partial charge in [0.15, 0.2) is 5.82 Å². The normalized spacial score (nSPS) is 16.3. The zero-order valence-corrected chi connectivity index (χ0v) is 12.0. The molecule has 6 nitrogen and oxygen atoms in total. The molecule has 1 aromatic heterocycles. The van der Waals surface area contributed by atoms with Gasteiger partial charge in [0.25, 0.3) is 0 Å². The van der Waals surface area contributed by atoms with Crippen LogP contribution in [-0.4, -0.2) is 27.2 Å². The number of aryl methyl sites for hydroxylation is 1. The van der Waals surface area contributed by atoms with Gasteiger partial charge >= 0.3 is 0 Å². The highest BCUT2D eigenvalue weighted by Crippen LogP contribution is 2.40. The molecular weight excluding hydrogens is 266 g/mol. The first-order chi connectivity index (χ1) is 10.1. The number of nitrogens with one attached hydrogen (secondary N) is 1. The maximum atomic E-state index is 12.3. The lowest BCUT2D eigenvalue weighted by atomic mass is 9.68. The number of anilines is 1. The maximum absolute atomic E-state index is 12.3. The van der Waals surface area contributed by atoms with Crippen LogP contribution in [0.15, 0.2) is 30.6 Å². The van der Waals surface area contributed by atoms with Crippen molar-refractivity contribution in [3.05, 3.63) is 30.6 Å². The number of benzene rings is 1. The van der Waals surface area contributed by atoms with Gasteiger partial charge in [0, 0.05) is 24.8 Å². The van der Waals surface area contributed by atoms with Crippen LogP contribution >= 0.6 is 0 Å². The van der Waals surface area contributed by atoms with Crippen LogP contribution < -0.4 is 11.1 Å². The molecule has 1 saturated carbocycles. The van der Waals surface area contributed by atoms with Crippen LogP contribution in [0.1, 0.15) is 19.3 Å². The number of carbonyl (C=O) groups is 1. The molecule has 1 amide bonds. The van der Waals surface area contributed by atoms with E-state index in [9.17, 15) is 4.79 Å². The largest absolute Gasteiger partial charge is 0.329 e. The summed E-state index contributed by atoms with van der Waals surface area (Å²) in [5.74, 6) is 0.827. The first-order valence-corrected chi connectivity index (χ1v) is 7.11. The van der Waals surface area contributed by atoms with E-state index in [0.717, 1.165) is 36.3 Å². The van der Waals surface area contributed by atoms with Crippen LogP contribution in [0.5, 0.6) is 0 Å². The third-order valence-electron chi connectivity index (χ3n) is 4.30. The van der Waals surface area contributed by atoms with Crippen molar-refractivity contribution in [2.75, 3.05) is 11.9 Å². The summed E-state index contributed by atoms with van der Waals surface area (Å²) in [7, 11) is 1.90. The van der Waals surface area contributed by atoms with Crippen molar-refractivity contribution in [2.45, 2.75) is 19.3 Å². The Balaban J connectivity index is 1.73. The van der Waals surface area contributed by atoms with Crippen molar-refractivity contribution in [3.63, 3.8) is 0 Å². The Kier molecular flexibility index (Phi) is 3.47. The third-order valence-corrected chi connectivity index (χ3v) is 4.30. The van der Waals surface area contributed by atoms with E-state index in [1.54, 1.807) is 6.33 Å². The minimum atomic E-state index is -0.359. The van der Waals surface area contributed by atoms with Crippen molar-refractivity contribution in [2.24, 2.45) is 18.2 Å². The van der Waals surface area contributed by atoms with Crippen LogP contribution in [0, 0.1) is 5.41 Å². The highest BCUT2D eigenvalue weighted by Gasteiger charge is 2.42. The molecule has 1 fully saturated rings. The lowest BCUT2D eigenvalue weighted by Gasteiger charge is -2.39. The summed E-state index contributed by atoms with van der Waals surface area (Å²) >= 11 is 0. The maximum Gasteiger partial charge on any atom is 0.231 e. The molecule has 3 N–H and O–H groups in total. The molecule has 21 heavy (non-hydrogen) atoms. The van der Waals surface area contributed by atoms with E-state index in [-0.39, 0.29) is 11.3 Å². The molecule has 3 rings (SSSR count). The van der Waals surface area contributed by atoms with Crippen LogP contribution in [0.3, 0.4) is 0 Å². The van der Waals surface area contributed by atoms with Gasteiger partial charge < -0.3 is 15.6 Å². The number of hydrogen-bond donors (Lipinski definition) is 2. The van der Waals surface area contributed by atoms with Gasteiger partial charge in [-0.2, -0.15) is 0 Å². The highest BCUT2D eigenvalue weighted by atomic mass is 16.2. The second-order valence-electron chi connectivity index (χ2n) is 5.63. The van der Waals surface area contributed by atoms with Crippen LogP contribution in [0.25, 0.3) is 11.4 Å². The minimum Gasteiger partial charge on any atom is -0.329 e. The minimum absolute atomic E-state index is 0.0302. The third kappa shape index (κ3) is 2.42. The first kappa shape index (κ1) is 13.8. The molecule has 110 valence electrons. The van der Waals surface area contributed by atoms with E-state index >= 15 is 0 Å². The Morgan fingerprint density at radius 2 is 2.10 bits per heavy atom. The molecule has 0 radical (unpaired) electrons. The quantitative estimate of drug-likeness (QED) is 0.892. The van der Waals surface area contributed by atoms with Gasteiger partial charge in [0.05, 0.1) is 5.41 Å². The monoisotopic (exact) mass is 285 g/mol. The van der Waals surface area contributed by atoms with Crippen LogP contribution in [-0.2, 0) is 11.8 Å². The van der Waals surface area contributed by atoms with E-state index in [4.69, 9.17) is 5.73 Å². The van der Waals surface area contributed by atoms with E-state index in [0.29, 0.717) is 6.54 Å². The molecular formula is C15H19N5O. The Morgan fingerprint density at radius 1 is 1.38 bits per heavy atom. The number of carbonyl (C=O) groups excluding carboxylic acids is 1. The van der Waals surface area contributed by atoms with Gasteiger partial charge in [0.2, 0.25) is 5.91 Å². The van der Waals surface area contributed by atoms with Crippen LogP contribution in [0.4, 0.5) is 5.69 Å². The number of nitrogens with two attached hydrogens (primary N) is 1. The molecule has 1 heterocycles. The molecule has 0 spiro atoms. The van der Waals surface area contributed by atoms with Gasteiger partial charge in [-0.1, -0.05) is 6.42 Å². The summed E-state index contributed by atoms with van der Waals surface area (Å²) in [5.41, 5.74) is 7.14. The lowest BCUT2D eigenvalue weighted by Crippen LogP contribution is -2.47. The summed E-state index contributed by atoms with van der Waals surface area (Å²) in [6.45, 7) is 0.413. The molecule has 2 aromatic rings. The average molecular weight is 285 g/mol. The summed E-state index contributed by atoms with van der Waals surface area (Å²) in [5, 5.41) is 10.9. The van der Waals surface area contributed by atoms with E-state index in [2.05, 4.69) is 15.5 Å². The number of nitrogens with zero attached hydrogens (tertiary/aromatic N) is 3. The van der Waals surface area contributed by atoms with Gasteiger partial charge in [-0.25, -0.2) is 0 Å². The standard InChI is InChI=1S/C15H19N5O/c1-20-10-17-19-13(20)11-3-5-12(6-4-11)18-14(21)15(9-16)7-2-8-15/h3-6,10H,2,7-9,16H2,1H3,(H,18,21). The van der Waals surface area contributed by atoms with E-state index < -0.39 is 0 Å². The van der Waals surface area contributed by atoms with Crippen molar-refractivity contribution in [1.82, 2.24) is 14.8 Å². The van der Waals surface area contributed by atoms with Gasteiger partial charge in [0.1, 0.15) is 6.33 Å². The molecule has 6 heteroatoms. The fourth-order valence-electron chi connectivity index (χ4n) is 2.64. The van der Waals surface area contributed by atoms with Gasteiger partial charge in [-0.3, -0.25) is 4.79 Å². The predicted octanol–water partition coefficient (Wildman–Crippen LogP) is 1.55. The zero-order valence-electron chi connectivity index (χ0n) is 12.0. The van der Waals surface area contributed by atoms with Crippen molar-refractivity contribution < 1.29 is 4.79 Å². The summed E-state index contributed by atoms with van der Waals surface area (Å²) in [6.07, 6.45) is 4.50. The lowest BCUT2D eigenvalue weighted by molar-refractivity contribution is -0.129. The smallest absolute Gasteiger partial charge is 0.231 e. The van der Waals surface area contributed by atoms with E-state index in [1.165, 1.54) is 0 Å². The van der Waals surface area contributed by atoms with Crippen molar-refractivity contribution >= 4 is 11.6 Å². The number of aromatic nitrogens is 3. The molecule has 0 bridgehead atoms. The second-order valence-corrected chi connectivity index (χ2v) is 5.63. The van der Waals surface area contributed by atoms with Gasteiger partial charge in [-0.05, 0) is 37.1 Å². The molecule has 1 aliphatic carbocycles.